The second-order valence-corrected chi connectivity index (χ2v) is 3.85. The van der Waals surface area contributed by atoms with Crippen LogP contribution in [0, 0.1) is 0 Å². The molecule has 0 bridgehead atoms. The van der Waals surface area contributed by atoms with E-state index < -0.39 is 0 Å². The Morgan fingerprint density at radius 1 is 0.833 bits per heavy atom. The molecule has 0 radical (unpaired) electrons. The van der Waals surface area contributed by atoms with Crippen LogP contribution in [-0.4, -0.2) is 14.2 Å². The van der Waals surface area contributed by atoms with Gasteiger partial charge in [0.05, 0.1) is 25.6 Å². The fourth-order valence-electron chi connectivity index (χ4n) is 1.91. The molecule has 94 valence electrons. The number of ether oxygens (including phenoxy) is 2. The van der Waals surface area contributed by atoms with E-state index in [0.717, 1.165) is 16.9 Å². The smallest absolute Gasteiger partial charge is 0.151 e. The van der Waals surface area contributed by atoms with Crippen LogP contribution in [0.5, 0.6) is 11.5 Å². The SMILES string of the molecule is COc1ccccc1-c1ccc(N)c(N)c1OC. The molecule has 0 unspecified atom stereocenters. The van der Waals surface area contributed by atoms with Gasteiger partial charge in [0.25, 0.3) is 0 Å². The normalized spacial score (nSPS) is 10.1. The molecule has 0 spiro atoms. The second-order valence-electron chi connectivity index (χ2n) is 3.85. The highest BCUT2D eigenvalue weighted by molar-refractivity contribution is 5.86. The van der Waals surface area contributed by atoms with Crippen LogP contribution in [0.25, 0.3) is 11.1 Å². The van der Waals surface area contributed by atoms with Gasteiger partial charge in [-0.1, -0.05) is 18.2 Å². The van der Waals surface area contributed by atoms with Crippen molar-refractivity contribution in [1.82, 2.24) is 0 Å². The fourth-order valence-corrected chi connectivity index (χ4v) is 1.91. The first-order valence-electron chi connectivity index (χ1n) is 5.54. The van der Waals surface area contributed by atoms with Crippen molar-refractivity contribution in [3.05, 3.63) is 36.4 Å². The summed E-state index contributed by atoms with van der Waals surface area (Å²) in [4.78, 5) is 0. The van der Waals surface area contributed by atoms with Crippen molar-refractivity contribution in [1.29, 1.82) is 0 Å². The van der Waals surface area contributed by atoms with Gasteiger partial charge in [-0.05, 0) is 18.2 Å². The number of anilines is 2. The highest BCUT2D eigenvalue weighted by atomic mass is 16.5. The van der Waals surface area contributed by atoms with E-state index in [-0.39, 0.29) is 0 Å². The van der Waals surface area contributed by atoms with Gasteiger partial charge in [-0.2, -0.15) is 0 Å². The molecule has 2 rings (SSSR count). The Hall–Kier alpha value is -2.36. The minimum absolute atomic E-state index is 0.445. The van der Waals surface area contributed by atoms with Crippen LogP contribution in [-0.2, 0) is 0 Å². The van der Waals surface area contributed by atoms with Gasteiger partial charge in [0, 0.05) is 11.1 Å². The molecule has 0 saturated carbocycles. The van der Waals surface area contributed by atoms with Crippen LogP contribution in [0.3, 0.4) is 0 Å². The lowest BCUT2D eigenvalue weighted by Gasteiger charge is -2.15. The van der Waals surface area contributed by atoms with Crippen molar-refractivity contribution in [3.63, 3.8) is 0 Å². The van der Waals surface area contributed by atoms with Crippen LogP contribution in [0.1, 0.15) is 0 Å². The molecule has 0 atom stereocenters. The Kier molecular flexibility index (Phi) is 3.28. The minimum Gasteiger partial charge on any atom is -0.496 e. The number of benzene rings is 2. The zero-order chi connectivity index (χ0) is 13.1. The van der Waals surface area contributed by atoms with E-state index in [2.05, 4.69) is 0 Å². The van der Waals surface area contributed by atoms with E-state index in [1.54, 1.807) is 20.3 Å². The predicted molar refractivity (Wildman–Crippen MR) is 73.8 cm³/mol. The summed E-state index contributed by atoms with van der Waals surface area (Å²) in [6.07, 6.45) is 0. The Labute approximate surface area is 106 Å². The molecule has 4 heteroatoms. The minimum atomic E-state index is 0.445. The molecule has 0 saturated heterocycles. The largest absolute Gasteiger partial charge is 0.496 e. The van der Waals surface area contributed by atoms with Gasteiger partial charge in [0.2, 0.25) is 0 Å². The number of nitrogen functional groups attached to an aromatic ring is 2. The van der Waals surface area contributed by atoms with Crippen molar-refractivity contribution < 1.29 is 9.47 Å². The summed E-state index contributed by atoms with van der Waals surface area (Å²) in [5.41, 5.74) is 14.4. The lowest BCUT2D eigenvalue weighted by Crippen LogP contribution is -2.00. The van der Waals surface area contributed by atoms with Crippen molar-refractivity contribution >= 4 is 11.4 Å². The van der Waals surface area contributed by atoms with Gasteiger partial charge >= 0.3 is 0 Å². The molecule has 0 aliphatic rings. The summed E-state index contributed by atoms with van der Waals surface area (Å²) < 4.78 is 10.7. The van der Waals surface area contributed by atoms with Crippen LogP contribution in [0.2, 0.25) is 0 Å². The molecule has 0 aromatic heterocycles. The van der Waals surface area contributed by atoms with E-state index in [1.807, 2.05) is 30.3 Å². The molecule has 4 nitrogen and oxygen atoms in total. The summed E-state index contributed by atoms with van der Waals surface area (Å²) >= 11 is 0. The Balaban J connectivity index is 2.67. The second kappa shape index (κ2) is 4.87. The molecule has 0 aliphatic heterocycles. The van der Waals surface area contributed by atoms with Gasteiger partial charge in [-0.3, -0.25) is 0 Å². The van der Waals surface area contributed by atoms with Gasteiger partial charge in [-0.25, -0.2) is 0 Å². The zero-order valence-corrected chi connectivity index (χ0v) is 10.4. The molecular weight excluding hydrogens is 228 g/mol. The number of hydrogen-bond acceptors (Lipinski definition) is 4. The lowest BCUT2D eigenvalue weighted by atomic mass is 10.0. The van der Waals surface area contributed by atoms with E-state index in [9.17, 15) is 0 Å². The molecular formula is C14H16N2O2. The van der Waals surface area contributed by atoms with Crippen molar-refractivity contribution in [2.75, 3.05) is 25.7 Å². The Morgan fingerprint density at radius 3 is 2.22 bits per heavy atom. The van der Waals surface area contributed by atoms with Crippen molar-refractivity contribution in [2.24, 2.45) is 0 Å². The molecule has 18 heavy (non-hydrogen) atoms. The average Bonchev–Trinajstić information content (AvgIpc) is 2.41. The topological polar surface area (TPSA) is 70.5 Å². The Bertz CT molecular complexity index is 568. The third-order valence-corrected chi connectivity index (χ3v) is 2.83. The van der Waals surface area contributed by atoms with Gasteiger partial charge < -0.3 is 20.9 Å². The highest BCUT2D eigenvalue weighted by Crippen LogP contribution is 2.41. The lowest BCUT2D eigenvalue weighted by molar-refractivity contribution is 0.411. The maximum absolute atomic E-state index is 5.93. The molecule has 2 aromatic rings. The summed E-state index contributed by atoms with van der Waals surface area (Å²) in [6.45, 7) is 0. The number of rotatable bonds is 3. The monoisotopic (exact) mass is 244 g/mol. The number of nitrogens with two attached hydrogens (primary N) is 2. The first kappa shape index (κ1) is 12.1. The third kappa shape index (κ3) is 1.93. The maximum atomic E-state index is 5.93. The fraction of sp³-hybridized carbons (Fsp3) is 0.143. The van der Waals surface area contributed by atoms with Crippen molar-refractivity contribution in [2.45, 2.75) is 0 Å². The number of para-hydroxylation sites is 1. The standard InChI is InChI=1S/C14H16N2O2/c1-17-12-6-4-3-5-9(12)10-7-8-11(15)13(16)14(10)18-2/h3-8H,15-16H2,1-2H3. The van der Waals surface area contributed by atoms with Crippen LogP contribution in [0.4, 0.5) is 11.4 Å². The van der Waals surface area contributed by atoms with E-state index >= 15 is 0 Å². The first-order valence-corrected chi connectivity index (χ1v) is 5.54. The average molecular weight is 244 g/mol. The van der Waals surface area contributed by atoms with Crippen LogP contribution in [0.15, 0.2) is 36.4 Å². The zero-order valence-electron chi connectivity index (χ0n) is 10.4. The molecule has 4 N–H and O–H groups in total. The first-order chi connectivity index (χ1) is 8.69. The van der Waals surface area contributed by atoms with E-state index in [4.69, 9.17) is 20.9 Å². The van der Waals surface area contributed by atoms with Gasteiger partial charge in [0.15, 0.2) is 5.75 Å². The number of methoxy groups -OCH3 is 2. The van der Waals surface area contributed by atoms with Crippen molar-refractivity contribution in [3.8, 4) is 22.6 Å². The van der Waals surface area contributed by atoms with Gasteiger partial charge in [0.1, 0.15) is 5.75 Å². The van der Waals surface area contributed by atoms with Gasteiger partial charge in [-0.15, -0.1) is 0 Å². The molecule has 0 aliphatic carbocycles. The summed E-state index contributed by atoms with van der Waals surface area (Å²) in [6, 6.07) is 11.3. The molecule has 2 aromatic carbocycles. The summed E-state index contributed by atoms with van der Waals surface area (Å²) in [7, 11) is 3.20. The predicted octanol–water partition coefficient (Wildman–Crippen LogP) is 2.54. The third-order valence-electron chi connectivity index (χ3n) is 2.83. The highest BCUT2D eigenvalue weighted by Gasteiger charge is 2.14. The van der Waals surface area contributed by atoms with Crippen LogP contribution < -0.4 is 20.9 Å². The van der Waals surface area contributed by atoms with Crippen LogP contribution >= 0.6 is 0 Å². The molecule has 0 amide bonds. The summed E-state index contributed by atoms with van der Waals surface area (Å²) in [5, 5.41) is 0. The maximum Gasteiger partial charge on any atom is 0.151 e. The molecule has 0 heterocycles. The Morgan fingerprint density at radius 2 is 1.56 bits per heavy atom. The summed E-state index contributed by atoms with van der Waals surface area (Å²) in [5.74, 6) is 1.33. The number of hydrogen-bond donors (Lipinski definition) is 2. The van der Waals surface area contributed by atoms with E-state index in [0.29, 0.717) is 17.1 Å². The quantitative estimate of drug-likeness (QED) is 0.814. The molecule has 0 fully saturated rings. The van der Waals surface area contributed by atoms with E-state index in [1.165, 1.54) is 0 Å².